The van der Waals surface area contributed by atoms with Crippen molar-refractivity contribution in [1.29, 1.82) is 0 Å². The van der Waals surface area contributed by atoms with E-state index >= 15 is 0 Å². The van der Waals surface area contributed by atoms with E-state index < -0.39 is 0 Å². The predicted octanol–water partition coefficient (Wildman–Crippen LogP) is 2.83. The maximum Gasteiger partial charge on any atom is 0.143 e. The first-order chi connectivity index (χ1) is 7.31. The molecule has 4 heteroatoms. The molecular weight excluding hydrogens is 254 g/mol. The van der Waals surface area contributed by atoms with Gasteiger partial charge >= 0.3 is 0 Å². The van der Waals surface area contributed by atoms with Crippen LogP contribution in [0.1, 0.15) is 43.8 Å². The molecule has 1 aliphatic rings. The molecule has 0 aliphatic heterocycles. The summed E-state index contributed by atoms with van der Waals surface area (Å²) in [6, 6.07) is 0. The molecule has 0 N–H and O–H groups in total. The maximum atomic E-state index is 4.23. The van der Waals surface area contributed by atoms with E-state index in [0.29, 0.717) is 0 Å². The lowest BCUT2D eigenvalue weighted by atomic mass is 10.0. The second-order valence-electron chi connectivity index (χ2n) is 4.41. The van der Waals surface area contributed by atoms with Crippen molar-refractivity contribution < 1.29 is 0 Å². The Morgan fingerprint density at radius 2 is 1.93 bits per heavy atom. The summed E-state index contributed by atoms with van der Waals surface area (Å²) in [5.41, 5.74) is 0. The summed E-state index contributed by atoms with van der Waals surface area (Å²) < 4.78 is 2.11. The van der Waals surface area contributed by atoms with Crippen LogP contribution in [-0.2, 0) is 18.8 Å². The second-order valence-corrected chi connectivity index (χ2v) is 4.97. The van der Waals surface area contributed by atoms with Crippen molar-refractivity contribution in [3.63, 3.8) is 0 Å². The highest BCUT2D eigenvalue weighted by Crippen LogP contribution is 2.28. The highest BCUT2D eigenvalue weighted by atomic mass is 79.9. The molecule has 15 heavy (non-hydrogen) atoms. The first-order valence-corrected chi connectivity index (χ1v) is 6.86. The van der Waals surface area contributed by atoms with Crippen LogP contribution in [0, 0.1) is 5.92 Å². The molecule has 84 valence electrons. The Balaban J connectivity index is 1.89. The molecule has 0 unspecified atom stereocenters. The number of alkyl halides is 1. The number of hydrogen-bond donors (Lipinski definition) is 0. The first kappa shape index (κ1) is 11.1. The molecule has 0 radical (unpaired) electrons. The molecule has 0 spiro atoms. The van der Waals surface area contributed by atoms with Crippen LogP contribution in [0.4, 0.5) is 0 Å². The Morgan fingerprint density at radius 3 is 2.53 bits per heavy atom. The van der Waals surface area contributed by atoms with Gasteiger partial charge in [-0.2, -0.15) is 0 Å². The summed E-state index contributed by atoms with van der Waals surface area (Å²) in [5, 5.41) is 9.17. The third-order valence-corrected chi connectivity index (χ3v) is 3.93. The molecule has 1 heterocycles. The monoisotopic (exact) mass is 271 g/mol. The Hall–Kier alpha value is -0.380. The number of hydrogen-bond acceptors (Lipinski definition) is 2. The molecule has 1 aromatic rings. The van der Waals surface area contributed by atoms with Gasteiger partial charge in [0.2, 0.25) is 0 Å². The molecule has 3 nitrogen and oxygen atoms in total. The van der Waals surface area contributed by atoms with Crippen molar-refractivity contribution in [1.82, 2.24) is 14.8 Å². The number of nitrogens with zero attached hydrogens (tertiary/aromatic N) is 3. The summed E-state index contributed by atoms with van der Waals surface area (Å²) >= 11 is 3.42. The molecule has 1 aromatic heterocycles. The fraction of sp³-hybridized carbons (Fsp3) is 0.818. The van der Waals surface area contributed by atoms with Crippen molar-refractivity contribution in [3.05, 3.63) is 11.6 Å². The number of halogens is 1. The summed E-state index contributed by atoms with van der Waals surface area (Å²) in [6.07, 6.45) is 8.06. The van der Waals surface area contributed by atoms with E-state index in [4.69, 9.17) is 0 Å². The summed E-state index contributed by atoms with van der Waals surface area (Å²) in [4.78, 5) is 0. The minimum Gasteiger partial charge on any atom is -0.317 e. The van der Waals surface area contributed by atoms with Crippen LogP contribution in [0.25, 0.3) is 0 Å². The number of aromatic nitrogens is 3. The summed E-state index contributed by atoms with van der Waals surface area (Å²) in [7, 11) is 2.06. The number of aryl methyl sites for hydroxylation is 1. The van der Waals surface area contributed by atoms with Gasteiger partial charge in [-0.05, 0) is 12.3 Å². The minimum atomic E-state index is 0.792. The molecule has 0 saturated heterocycles. The van der Waals surface area contributed by atoms with Gasteiger partial charge in [-0.3, -0.25) is 0 Å². The average Bonchev–Trinajstić information content (AvgIpc) is 2.85. The third-order valence-electron chi connectivity index (χ3n) is 3.43. The quantitative estimate of drug-likeness (QED) is 0.789. The lowest BCUT2D eigenvalue weighted by molar-refractivity contribution is 0.492. The third kappa shape index (κ3) is 2.60. The zero-order valence-corrected chi connectivity index (χ0v) is 10.8. The molecule has 1 fully saturated rings. The normalized spacial score (nSPS) is 17.5. The van der Waals surface area contributed by atoms with Gasteiger partial charge in [0.1, 0.15) is 11.6 Å². The van der Waals surface area contributed by atoms with E-state index in [9.17, 15) is 0 Å². The van der Waals surface area contributed by atoms with Crippen LogP contribution >= 0.6 is 15.9 Å². The van der Waals surface area contributed by atoms with E-state index in [-0.39, 0.29) is 0 Å². The lowest BCUT2D eigenvalue weighted by Gasteiger charge is -2.07. The van der Waals surface area contributed by atoms with Gasteiger partial charge in [0.25, 0.3) is 0 Å². The molecule has 0 amide bonds. The van der Waals surface area contributed by atoms with E-state index in [0.717, 1.165) is 29.3 Å². The molecule has 0 aromatic carbocycles. The summed E-state index contributed by atoms with van der Waals surface area (Å²) in [5.74, 6) is 3.10. The molecule has 1 saturated carbocycles. The molecular formula is C11H18BrN3. The van der Waals surface area contributed by atoms with Crippen LogP contribution in [-0.4, -0.2) is 14.8 Å². The Bertz CT molecular complexity index is 316. The molecule has 2 rings (SSSR count). The van der Waals surface area contributed by atoms with E-state index in [1.165, 1.54) is 32.1 Å². The van der Waals surface area contributed by atoms with Crippen LogP contribution in [0.15, 0.2) is 0 Å². The smallest absolute Gasteiger partial charge is 0.143 e. The van der Waals surface area contributed by atoms with Gasteiger partial charge in [0.05, 0.1) is 5.33 Å². The SMILES string of the molecule is Cn1c(CBr)nnc1CCC1CCCC1. The topological polar surface area (TPSA) is 30.7 Å². The van der Waals surface area contributed by atoms with Crippen molar-refractivity contribution in [2.45, 2.75) is 43.9 Å². The van der Waals surface area contributed by atoms with Gasteiger partial charge < -0.3 is 4.57 Å². The predicted molar refractivity (Wildman–Crippen MR) is 63.9 cm³/mol. The highest BCUT2D eigenvalue weighted by Gasteiger charge is 2.16. The fourth-order valence-corrected chi connectivity index (χ4v) is 2.85. The van der Waals surface area contributed by atoms with E-state index in [2.05, 4.69) is 37.7 Å². The van der Waals surface area contributed by atoms with Crippen LogP contribution in [0.2, 0.25) is 0 Å². The largest absolute Gasteiger partial charge is 0.317 e. The number of rotatable bonds is 4. The van der Waals surface area contributed by atoms with Gasteiger partial charge in [0.15, 0.2) is 0 Å². The fourth-order valence-electron chi connectivity index (χ4n) is 2.36. The van der Waals surface area contributed by atoms with Crippen molar-refractivity contribution >= 4 is 15.9 Å². The van der Waals surface area contributed by atoms with Gasteiger partial charge in [-0.25, -0.2) is 0 Å². The van der Waals surface area contributed by atoms with Crippen LogP contribution in [0.3, 0.4) is 0 Å². The maximum absolute atomic E-state index is 4.23. The molecule has 0 bridgehead atoms. The highest BCUT2D eigenvalue weighted by molar-refractivity contribution is 9.08. The average molecular weight is 272 g/mol. The standard InChI is InChI=1S/C11H18BrN3/c1-15-10(13-14-11(15)8-12)7-6-9-4-2-3-5-9/h9H,2-8H2,1H3. The zero-order chi connectivity index (χ0) is 10.7. The Labute approximate surface area is 99.4 Å². The van der Waals surface area contributed by atoms with E-state index in [1.807, 2.05) is 0 Å². The minimum absolute atomic E-state index is 0.792. The van der Waals surface area contributed by atoms with Crippen molar-refractivity contribution in [3.8, 4) is 0 Å². The van der Waals surface area contributed by atoms with E-state index in [1.54, 1.807) is 0 Å². The van der Waals surface area contributed by atoms with Gasteiger partial charge in [0, 0.05) is 13.5 Å². The second kappa shape index (κ2) is 5.10. The molecule has 0 atom stereocenters. The zero-order valence-electron chi connectivity index (χ0n) is 9.25. The van der Waals surface area contributed by atoms with Gasteiger partial charge in [-0.1, -0.05) is 41.6 Å². The lowest BCUT2D eigenvalue weighted by Crippen LogP contribution is -2.04. The first-order valence-electron chi connectivity index (χ1n) is 5.74. The Morgan fingerprint density at radius 1 is 1.27 bits per heavy atom. The van der Waals surface area contributed by atoms with Crippen LogP contribution in [0.5, 0.6) is 0 Å². The van der Waals surface area contributed by atoms with Gasteiger partial charge in [-0.15, -0.1) is 10.2 Å². The van der Waals surface area contributed by atoms with Crippen molar-refractivity contribution in [2.24, 2.45) is 13.0 Å². The van der Waals surface area contributed by atoms with Crippen LogP contribution < -0.4 is 0 Å². The molecule has 1 aliphatic carbocycles. The van der Waals surface area contributed by atoms with Crippen molar-refractivity contribution in [2.75, 3.05) is 0 Å². The summed E-state index contributed by atoms with van der Waals surface area (Å²) in [6.45, 7) is 0. The Kier molecular flexibility index (Phi) is 3.78.